The average molecular weight is 594 g/mol. The summed E-state index contributed by atoms with van der Waals surface area (Å²) in [5, 5.41) is 6.86. The molecule has 4 heterocycles. The molecule has 0 spiro atoms. The molecular weight excluding hydrogens is 542 g/mol. The maximum Gasteiger partial charge on any atom is 0.259 e. The number of nitrogens with one attached hydrogen (secondary N) is 2. The summed E-state index contributed by atoms with van der Waals surface area (Å²) in [7, 11) is 1.68. The second kappa shape index (κ2) is 15.1. The highest BCUT2D eigenvalue weighted by molar-refractivity contribution is 5.98. The Morgan fingerprint density at radius 1 is 1.16 bits per heavy atom. The second-order valence-corrected chi connectivity index (χ2v) is 13.4. The molecule has 0 aliphatic carbocycles. The van der Waals surface area contributed by atoms with Gasteiger partial charge in [-0.15, -0.1) is 0 Å². The maximum absolute atomic E-state index is 14.3. The van der Waals surface area contributed by atoms with Gasteiger partial charge in [0.15, 0.2) is 0 Å². The Hall–Kier alpha value is -3.11. The predicted molar refractivity (Wildman–Crippen MR) is 169 cm³/mol. The number of carbonyl (C=O) groups is 2. The summed E-state index contributed by atoms with van der Waals surface area (Å²) < 4.78 is 5.21. The Kier molecular flexibility index (Phi) is 11.5. The van der Waals surface area contributed by atoms with Crippen LogP contribution in [0, 0.1) is 11.8 Å². The number of nitrogens with zero attached hydrogens (tertiary/aromatic N) is 5. The largest absolute Gasteiger partial charge is 0.385 e. The standard InChI is InChI=1S/C33H51N7O3/c1-23(2)22-40(31(42)27-21-37-32(33(3,4)5)38-29(27)36-14-9-17-43-6)26-18-25(19-34-20-26)30(41)39-15-11-24(12-16-39)28-10-7-8-13-35-28/h7-8,10,13,21,23-26,34H,9,11-12,14-20,22H2,1-6H3,(H,36,37,38)/t25-,26+/m1/s1. The number of carbonyl (C=O) groups excluding carboxylic acids is 2. The van der Waals surface area contributed by atoms with Gasteiger partial charge in [-0.2, -0.15) is 0 Å². The fourth-order valence-electron chi connectivity index (χ4n) is 6.02. The van der Waals surface area contributed by atoms with Crippen molar-refractivity contribution in [3.8, 4) is 0 Å². The molecular formula is C33H51N7O3. The highest BCUT2D eigenvalue weighted by atomic mass is 16.5. The molecule has 2 N–H and O–H groups in total. The van der Waals surface area contributed by atoms with Crippen LogP contribution in [0.1, 0.15) is 88.1 Å². The fraction of sp³-hybridized carbons (Fsp3) is 0.667. The topological polar surface area (TPSA) is 113 Å². The zero-order valence-electron chi connectivity index (χ0n) is 26.9. The van der Waals surface area contributed by atoms with Crippen LogP contribution >= 0.6 is 0 Å². The van der Waals surface area contributed by atoms with E-state index in [2.05, 4.69) is 61.3 Å². The maximum atomic E-state index is 14.3. The molecule has 2 aromatic heterocycles. The minimum atomic E-state index is -0.255. The first-order chi connectivity index (χ1) is 20.6. The van der Waals surface area contributed by atoms with Crippen molar-refractivity contribution in [1.29, 1.82) is 0 Å². The van der Waals surface area contributed by atoms with Crippen LogP contribution in [0.2, 0.25) is 0 Å². The number of pyridine rings is 1. The van der Waals surface area contributed by atoms with E-state index in [4.69, 9.17) is 9.72 Å². The first-order valence-corrected chi connectivity index (χ1v) is 15.9. The molecule has 2 aliphatic heterocycles. The van der Waals surface area contributed by atoms with E-state index in [1.807, 2.05) is 28.1 Å². The lowest BCUT2D eigenvalue weighted by atomic mass is 9.89. The fourth-order valence-corrected chi connectivity index (χ4v) is 6.02. The van der Waals surface area contributed by atoms with Crippen LogP contribution in [0.3, 0.4) is 0 Å². The zero-order chi connectivity index (χ0) is 31.0. The van der Waals surface area contributed by atoms with Crippen molar-refractivity contribution in [2.45, 2.75) is 77.7 Å². The number of aromatic nitrogens is 3. The number of methoxy groups -OCH3 is 1. The summed E-state index contributed by atoms with van der Waals surface area (Å²) in [5.74, 6) is 1.82. The van der Waals surface area contributed by atoms with Crippen LogP contribution in [0.25, 0.3) is 0 Å². The van der Waals surface area contributed by atoms with Gasteiger partial charge in [-0.25, -0.2) is 9.97 Å². The number of likely N-dealkylation sites (tertiary alicyclic amines) is 1. The van der Waals surface area contributed by atoms with Crippen molar-refractivity contribution < 1.29 is 14.3 Å². The third kappa shape index (κ3) is 8.72. The van der Waals surface area contributed by atoms with Crippen LogP contribution in [0.15, 0.2) is 30.6 Å². The molecule has 43 heavy (non-hydrogen) atoms. The van der Waals surface area contributed by atoms with Crippen molar-refractivity contribution in [1.82, 2.24) is 30.1 Å². The lowest BCUT2D eigenvalue weighted by molar-refractivity contribution is -0.137. The third-order valence-corrected chi connectivity index (χ3v) is 8.36. The normalized spacial score (nSPS) is 19.8. The van der Waals surface area contributed by atoms with Gasteiger partial charge < -0.3 is 25.2 Å². The summed E-state index contributed by atoms with van der Waals surface area (Å²) in [6.45, 7) is 15.1. The van der Waals surface area contributed by atoms with Crippen molar-refractivity contribution >= 4 is 17.6 Å². The zero-order valence-corrected chi connectivity index (χ0v) is 26.9. The van der Waals surface area contributed by atoms with Crippen molar-refractivity contribution in [2.24, 2.45) is 11.8 Å². The Morgan fingerprint density at radius 2 is 1.93 bits per heavy atom. The Labute approximate surface area is 257 Å². The molecule has 236 valence electrons. The molecule has 2 atom stereocenters. The molecule has 2 aromatic rings. The minimum absolute atomic E-state index is 0.0977. The van der Waals surface area contributed by atoms with Gasteiger partial charge in [-0.1, -0.05) is 40.7 Å². The van der Waals surface area contributed by atoms with Crippen molar-refractivity contribution in [3.05, 3.63) is 47.7 Å². The van der Waals surface area contributed by atoms with E-state index in [0.717, 1.165) is 38.0 Å². The van der Waals surface area contributed by atoms with Gasteiger partial charge in [0.25, 0.3) is 5.91 Å². The first-order valence-electron chi connectivity index (χ1n) is 15.9. The molecule has 0 radical (unpaired) electrons. The average Bonchev–Trinajstić information content (AvgIpc) is 3.01. The van der Waals surface area contributed by atoms with Gasteiger partial charge in [-0.3, -0.25) is 14.6 Å². The van der Waals surface area contributed by atoms with Crippen molar-refractivity contribution in [3.63, 3.8) is 0 Å². The third-order valence-electron chi connectivity index (χ3n) is 8.36. The molecule has 0 saturated carbocycles. The molecule has 0 aromatic carbocycles. The van der Waals surface area contributed by atoms with Gasteiger partial charge in [0, 0.05) is 88.4 Å². The number of rotatable bonds is 11. The Morgan fingerprint density at radius 3 is 2.58 bits per heavy atom. The van der Waals surface area contributed by atoms with Gasteiger partial charge in [-0.05, 0) is 43.7 Å². The number of hydrogen-bond acceptors (Lipinski definition) is 8. The number of amides is 2. The molecule has 10 heteroatoms. The predicted octanol–water partition coefficient (Wildman–Crippen LogP) is 4.10. The van der Waals surface area contributed by atoms with Gasteiger partial charge >= 0.3 is 0 Å². The van der Waals surface area contributed by atoms with Crippen LogP contribution in [0.5, 0.6) is 0 Å². The summed E-state index contributed by atoms with van der Waals surface area (Å²) in [6.07, 6.45) is 6.80. The quantitative estimate of drug-likeness (QED) is 0.375. The summed E-state index contributed by atoms with van der Waals surface area (Å²) >= 11 is 0. The van der Waals surface area contributed by atoms with E-state index in [1.165, 1.54) is 0 Å². The smallest absolute Gasteiger partial charge is 0.259 e. The van der Waals surface area contributed by atoms with Crippen molar-refractivity contribution in [2.75, 3.05) is 58.3 Å². The summed E-state index contributed by atoms with van der Waals surface area (Å²) in [5.41, 5.74) is 1.33. The van der Waals surface area contributed by atoms with Gasteiger partial charge in [0.1, 0.15) is 17.2 Å². The molecule has 2 fully saturated rings. The van der Waals surface area contributed by atoms with Crippen LogP contribution in [0.4, 0.5) is 5.82 Å². The second-order valence-electron chi connectivity index (χ2n) is 13.4. The van der Waals surface area contributed by atoms with E-state index in [-0.39, 0.29) is 35.1 Å². The molecule has 2 amide bonds. The molecule has 0 bridgehead atoms. The lowest BCUT2D eigenvalue weighted by Gasteiger charge is -2.41. The highest BCUT2D eigenvalue weighted by Gasteiger charge is 2.37. The monoisotopic (exact) mass is 593 g/mol. The molecule has 2 saturated heterocycles. The van der Waals surface area contributed by atoms with E-state index < -0.39 is 0 Å². The molecule has 10 nitrogen and oxygen atoms in total. The lowest BCUT2D eigenvalue weighted by Crippen LogP contribution is -2.55. The highest BCUT2D eigenvalue weighted by Crippen LogP contribution is 2.29. The van der Waals surface area contributed by atoms with Crippen LogP contribution in [-0.2, 0) is 14.9 Å². The van der Waals surface area contributed by atoms with E-state index in [9.17, 15) is 9.59 Å². The Balaban J connectivity index is 1.48. The number of anilines is 1. The number of hydrogen-bond donors (Lipinski definition) is 2. The van der Waals surface area contributed by atoms with Gasteiger partial charge in [0.2, 0.25) is 5.91 Å². The SMILES string of the molecule is COCCCNc1nc(C(C)(C)C)ncc1C(=O)N(CC(C)C)[C@@H]1CNC[C@H](C(=O)N2CCC(c3ccccn3)CC2)C1. The molecule has 0 unspecified atom stereocenters. The first kappa shape index (κ1) is 32.8. The summed E-state index contributed by atoms with van der Waals surface area (Å²) in [4.78, 5) is 45.9. The molecule has 4 rings (SSSR count). The number of ether oxygens (including phenoxy) is 1. The van der Waals surface area contributed by atoms with E-state index >= 15 is 0 Å². The van der Waals surface area contributed by atoms with E-state index in [1.54, 1.807) is 13.3 Å². The Bertz CT molecular complexity index is 1190. The molecule has 2 aliphatic rings. The number of piperidine rings is 2. The minimum Gasteiger partial charge on any atom is -0.385 e. The van der Waals surface area contributed by atoms with Crippen LogP contribution in [-0.4, -0.2) is 95.6 Å². The van der Waals surface area contributed by atoms with Gasteiger partial charge in [0.05, 0.1) is 5.92 Å². The van der Waals surface area contributed by atoms with E-state index in [0.29, 0.717) is 62.3 Å². The summed E-state index contributed by atoms with van der Waals surface area (Å²) in [6, 6.07) is 5.95. The van der Waals surface area contributed by atoms with Crippen LogP contribution < -0.4 is 10.6 Å².